The number of aromatic nitrogens is 1. The van der Waals surface area contributed by atoms with Crippen molar-refractivity contribution in [3.8, 4) is 10.6 Å². The van der Waals surface area contributed by atoms with Crippen molar-refractivity contribution in [3.63, 3.8) is 0 Å². The zero-order valence-electron chi connectivity index (χ0n) is 25.1. The second-order valence-electron chi connectivity index (χ2n) is 12.5. The van der Waals surface area contributed by atoms with Crippen LogP contribution in [0.25, 0.3) is 20.8 Å². The Morgan fingerprint density at radius 1 is 0.875 bits per heavy atom. The van der Waals surface area contributed by atoms with Gasteiger partial charge in [0.15, 0.2) is 0 Å². The topological polar surface area (TPSA) is 53.4 Å². The number of fused-ring (bicyclic) bond motifs is 2. The van der Waals surface area contributed by atoms with Gasteiger partial charge in [-0.2, -0.15) is 11.3 Å². The SMILES string of the molecule is CCC(C)[C@H]1CCCC2CCC[C@H](C(CC)C(C)C)C(O)C2C1O.[Ir].[c-]1ccccc1-c1nc2ccccc2s1. The zero-order valence-corrected chi connectivity index (χ0v) is 28.3. The van der Waals surface area contributed by atoms with Crippen LogP contribution < -0.4 is 0 Å². The van der Waals surface area contributed by atoms with Gasteiger partial charge in [0.25, 0.3) is 0 Å². The largest absolute Gasteiger partial charge is 0.392 e. The van der Waals surface area contributed by atoms with E-state index < -0.39 is 0 Å². The molecule has 0 aliphatic heterocycles. The van der Waals surface area contributed by atoms with Gasteiger partial charge in [-0.3, -0.25) is 4.98 Å². The van der Waals surface area contributed by atoms with E-state index in [2.05, 4.69) is 51.7 Å². The molecule has 5 heteroatoms. The Kier molecular flexibility index (Phi) is 13.3. The van der Waals surface area contributed by atoms with E-state index in [0.29, 0.717) is 35.5 Å². The third-order valence-corrected chi connectivity index (χ3v) is 11.0. The third-order valence-electron chi connectivity index (χ3n) is 9.92. The summed E-state index contributed by atoms with van der Waals surface area (Å²) in [6.45, 7) is 11.4. The molecule has 1 heterocycles. The number of aliphatic hydroxyl groups excluding tert-OH is 2. The van der Waals surface area contributed by atoms with Gasteiger partial charge < -0.3 is 10.2 Å². The van der Waals surface area contributed by atoms with E-state index in [9.17, 15) is 10.2 Å². The van der Waals surface area contributed by atoms with E-state index in [1.807, 2.05) is 42.5 Å². The van der Waals surface area contributed by atoms with Gasteiger partial charge >= 0.3 is 0 Å². The predicted molar refractivity (Wildman–Crippen MR) is 166 cm³/mol. The summed E-state index contributed by atoms with van der Waals surface area (Å²) in [5, 5.41) is 23.7. The molecule has 0 amide bonds. The molecule has 0 bridgehead atoms. The molecule has 1 aromatic heterocycles. The van der Waals surface area contributed by atoms with Crippen molar-refractivity contribution >= 4 is 21.6 Å². The van der Waals surface area contributed by atoms with E-state index in [-0.39, 0.29) is 38.2 Å². The maximum atomic E-state index is 11.4. The van der Waals surface area contributed by atoms with Crippen LogP contribution in [-0.2, 0) is 20.1 Å². The van der Waals surface area contributed by atoms with Gasteiger partial charge in [0.2, 0.25) is 0 Å². The predicted octanol–water partition coefficient (Wildman–Crippen LogP) is 9.03. The Balaban J connectivity index is 0.000000235. The summed E-state index contributed by atoms with van der Waals surface area (Å²) in [5.74, 6) is 3.12. The van der Waals surface area contributed by atoms with Crippen LogP contribution in [0.1, 0.15) is 86.0 Å². The molecule has 2 N–H and O–H groups in total. The van der Waals surface area contributed by atoms with Crippen LogP contribution in [0.5, 0.6) is 0 Å². The quantitative estimate of drug-likeness (QED) is 0.248. The van der Waals surface area contributed by atoms with Crippen molar-refractivity contribution in [2.45, 2.75) is 98.2 Å². The van der Waals surface area contributed by atoms with Crippen LogP contribution in [0.15, 0.2) is 48.5 Å². The number of thiazole rings is 1. The van der Waals surface area contributed by atoms with Crippen LogP contribution >= 0.6 is 11.3 Å². The summed E-state index contributed by atoms with van der Waals surface area (Å²) in [6, 6.07) is 19.3. The average molecular weight is 741 g/mol. The Hall–Kier alpha value is -1.10. The molecule has 2 aliphatic carbocycles. The first kappa shape index (κ1) is 33.4. The Bertz CT molecular complexity index is 1100. The number of para-hydroxylation sites is 1. The molecular weight excluding hydrogens is 691 g/mol. The number of nitrogens with zero attached hydrogens (tertiary/aromatic N) is 1. The number of aliphatic hydroxyl groups is 2. The van der Waals surface area contributed by atoms with Crippen LogP contribution in [0.4, 0.5) is 0 Å². The minimum Gasteiger partial charge on any atom is -0.392 e. The third kappa shape index (κ3) is 7.84. The van der Waals surface area contributed by atoms with E-state index in [1.165, 1.54) is 30.4 Å². The molecule has 2 aliphatic rings. The van der Waals surface area contributed by atoms with Crippen LogP contribution in [0.2, 0.25) is 0 Å². The van der Waals surface area contributed by atoms with Gasteiger partial charge in [-0.15, -0.1) is 35.9 Å². The van der Waals surface area contributed by atoms with E-state index in [4.69, 9.17) is 0 Å². The molecule has 3 aromatic rings. The van der Waals surface area contributed by atoms with Crippen molar-refractivity contribution in [1.29, 1.82) is 0 Å². The molecule has 5 rings (SSSR count). The number of benzene rings is 2. The van der Waals surface area contributed by atoms with Gasteiger partial charge in [-0.1, -0.05) is 72.4 Å². The fourth-order valence-electron chi connectivity index (χ4n) is 7.61. The molecule has 2 fully saturated rings. The molecule has 2 aromatic carbocycles. The summed E-state index contributed by atoms with van der Waals surface area (Å²) < 4.78 is 1.23. The fourth-order valence-corrected chi connectivity index (χ4v) is 8.56. The Morgan fingerprint density at radius 3 is 2.12 bits per heavy atom. The van der Waals surface area contributed by atoms with Crippen molar-refractivity contribution in [2.75, 3.05) is 0 Å². The minimum atomic E-state index is -0.315. The van der Waals surface area contributed by atoms with E-state index in [1.54, 1.807) is 11.3 Å². The molecule has 223 valence electrons. The Morgan fingerprint density at radius 2 is 1.52 bits per heavy atom. The standard InChI is InChI=1S/C22H42O2.C13H8NS.Ir/c1-6-15(5)18-12-8-10-16-11-9-13-19(17(7-2)14(3)4)22(24)20(16)21(18)23;1-2-6-10(7-3-1)13-14-11-8-4-5-9-12(11)15-13;/h14-24H,6-13H2,1-5H3;1-6,8-9H;/q;-1;/t15?,16?,17?,18-,19-,20?,21?,22?;;/m1../s1. The first-order chi connectivity index (χ1) is 18.8. The summed E-state index contributed by atoms with van der Waals surface area (Å²) in [4.78, 5) is 4.57. The van der Waals surface area contributed by atoms with Crippen molar-refractivity contribution in [1.82, 2.24) is 4.98 Å². The molecular formula is C35H50IrNO2S-. The molecule has 2 saturated carbocycles. The molecule has 3 nitrogen and oxygen atoms in total. The maximum Gasteiger partial charge on any atom is 0.0697 e. The molecule has 0 saturated heterocycles. The molecule has 40 heavy (non-hydrogen) atoms. The van der Waals surface area contributed by atoms with Crippen LogP contribution in [0, 0.1) is 47.5 Å². The van der Waals surface area contributed by atoms with Gasteiger partial charge in [0, 0.05) is 35.7 Å². The first-order valence-corrected chi connectivity index (χ1v) is 16.4. The van der Waals surface area contributed by atoms with Crippen molar-refractivity contribution in [2.24, 2.45) is 41.4 Å². The smallest absolute Gasteiger partial charge is 0.0697 e. The van der Waals surface area contributed by atoms with Crippen molar-refractivity contribution < 1.29 is 30.3 Å². The first-order valence-electron chi connectivity index (χ1n) is 15.5. The molecule has 6 unspecified atom stereocenters. The van der Waals surface area contributed by atoms with Gasteiger partial charge in [0.1, 0.15) is 0 Å². The van der Waals surface area contributed by atoms with Crippen molar-refractivity contribution in [3.05, 3.63) is 54.6 Å². The Labute approximate surface area is 260 Å². The van der Waals surface area contributed by atoms with Gasteiger partial charge in [-0.25, -0.2) is 0 Å². The van der Waals surface area contributed by atoms with E-state index in [0.717, 1.165) is 41.8 Å². The summed E-state index contributed by atoms with van der Waals surface area (Å²) in [6.07, 6.45) is 8.79. The minimum absolute atomic E-state index is 0. The zero-order chi connectivity index (χ0) is 27.9. The van der Waals surface area contributed by atoms with Crippen LogP contribution in [0.3, 0.4) is 0 Å². The van der Waals surface area contributed by atoms with Crippen LogP contribution in [-0.4, -0.2) is 27.4 Å². The second kappa shape index (κ2) is 15.9. The summed E-state index contributed by atoms with van der Waals surface area (Å²) in [5.41, 5.74) is 2.13. The number of hydrogen-bond acceptors (Lipinski definition) is 4. The van der Waals surface area contributed by atoms with Gasteiger partial charge in [-0.05, 0) is 73.3 Å². The molecule has 8 atom stereocenters. The summed E-state index contributed by atoms with van der Waals surface area (Å²) >= 11 is 1.71. The normalized spacial score (nSPS) is 28.3. The average Bonchev–Trinajstić information content (AvgIpc) is 3.23. The fraction of sp³-hybridized carbons (Fsp3) is 0.629. The molecule has 0 spiro atoms. The monoisotopic (exact) mass is 741 g/mol. The van der Waals surface area contributed by atoms with E-state index >= 15 is 0 Å². The molecule has 1 radical (unpaired) electrons. The van der Waals surface area contributed by atoms with Gasteiger partial charge in [0.05, 0.1) is 17.7 Å². The maximum absolute atomic E-state index is 11.4. The summed E-state index contributed by atoms with van der Waals surface area (Å²) in [7, 11) is 0. The number of rotatable bonds is 6. The number of hydrogen-bond donors (Lipinski definition) is 2. The second-order valence-corrected chi connectivity index (χ2v) is 13.5.